The lowest BCUT2D eigenvalue weighted by molar-refractivity contribution is -0.137. The minimum atomic E-state index is -4.76. The Morgan fingerprint density at radius 1 is 1.08 bits per heavy atom. The number of Topliss-reactive ketones (excluding diaryl/α,β-unsaturated/α-hetero) is 1. The van der Waals surface area contributed by atoms with Crippen LogP contribution in [0, 0.1) is 11.7 Å². The minimum absolute atomic E-state index is 0.0536. The lowest BCUT2D eigenvalue weighted by Gasteiger charge is -2.24. The Morgan fingerprint density at radius 2 is 1.81 bits per heavy atom. The summed E-state index contributed by atoms with van der Waals surface area (Å²) in [4.78, 5) is 38.7. The van der Waals surface area contributed by atoms with E-state index in [1.807, 2.05) is 20.8 Å². The molecule has 0 aliphatic carbocycles. The molecule has 2 atom stereocenters. The van der Waals surface area contributed by atoms with Crippen molar-refractivity contribution in [1.82, 2.24) is 10.6 Å². The van der Waals surface area contributed by atoms with Crippen LogP contribution >= 0.6 is 11.8 Å². The van der Waals surface area contributed by atoms with E-state index in [9.17, 15) is 31.9 Å². The zero-order chi connectivity index (χ0) is 27.6. The van der Waals surface area contributed by atoms with Gasteiger partial charge in [0.15, 0.2) is 5.78 Å². The van der Waals surface area contributed by atoms with Crippen molar-refractivity contribution >= 4 is 29.4 Å². The van der Waals surface area contributed by atoms with Crippen molar-refractivity contribution in [3.05, 3.63) is 59.3 Å². The molecular weight excluding hydrogens is 512 g/mol. The first-order chi connectivity index (χ1) is 17.4. The van der Waals surface area contributed by atoms with Gasteiger partial charge >= 0.3 is 6.18 Å². The van der Waals surface area contributed by atoms with Crippen LogP contribution in [0.15, 0.2) is 41.0 Å². The number of alkyl halides is 3. The third-order valence-electron chi connectivity index (χ3n) is 5.49. The van der Waals surface area contributed by atoms with Crippen molar-refractivity contribution in [1.29, 1.82) is 0 Å². The average Bonchev–Trinajstić information content (AvgIpc) is 3.33. The Kier molecular flexibility index (Phi) is 11.7. The van der Waals surface area contributed by atoms with E-state index in [-0.39, 0.29) is 29.9 Å². The van der Waals surface area contributed by atoms with E-state index >= 15 is 0 Å². The molecule has 2 N–H and O–H groups in total. The quantitative estimate of drug-likeness (QED) is 0.295. The standard InChI is InChI=1S/C26H32F4N2O4S/c1-4-5-8-21(23(33)15-37-14-18-7-6-11-36-18)31-25(35)22(12-16(2)3)32-24(34)19-10-9-17(13-20(19)27)26(28,29)30/h6-7,9-11,13,16,21-22H,4-5,8,12,14-15H2,1-3H3,(H,31,35)(H,32,34). The fraction of sp³-hybridized carbons (Fsp3) is 0.500. The van der Waals surface area contributed by atoms with E-state index < -0.39 is 47.0 Å². The number of unbranched alkanes of at least 4 members (excludes halogenated alkanes) is 1. The molecular formula is C26H32F4N2O4S. The number of amides is 2. The summed E-state index contributed by atoms with van der Waals surface area (Å²) in [5.74, 6) is -1.84. The summed E-state index contributed by atoms with van der Waals surface area (Å²) in [7, 11) is 0. The number of nitrogens with one attached hydrogen (secondary N) is 2. The summed E-state index contributed by atoms with van der Waals surface area (Å²) in [6, 6.07) is 3.25. The minimum Gasteiger partial charge on any atom is -0.468 e. The number of hydrogen-bond donors (Lipinski definition) is 2. The molecule has 37 heavy (non-hydrogen) atoms. The van der Waals surface area contributed by atoms with Gasteiger partial charge in [-0.15, -0.1) is 11.8 Å². The Labute approximate surface area is 217 Å². The number of furan rings is 1. The van der Waals surface area contributed by atoms with Gasteiger partial charge in [0.25, 0.3) is 5.91 Å². The number of thioether (sulfide) groups is 1. The highest BCUT2D eigenvalue weighted by molar-refractivity contribution is 7.99. The summed E-state index contributed by atoms with van der Waals surface area (Å²) in [6.45, 7) is 5.59. The molecule has 11 heteroatoms. The summed E-state index contributed by atoms with van der Waals surface area (Å²) in [6.07, 6.45) is -1.12. The second kappa shape index (κ2) is 14.2. The number of benzene rings is 1. The van der Waals surface area contributed by atoms with Crippen LogP contribution in [0.1, 0.15) is 68.1 Å². The van der Waals surface area contributed by atoms with Gasteiger partial charge in [0.1, 0.15) is 17.6 Å². The largest absolute Gasteiger partial charge is 0.468 e. The lowest BCUT2D eigenvalue weighted by Crippen LogP contribution is -2.52. The normalized spacial score (nSPS) is 13.3. The van der Waals surface area contributed by atoms with Gasteiger partial charge < -0.3 is 15.1 Å². The Bertz CT molecular complexity index is 1040. The van der Waals surface area contributed by atoms with Gasteiger partial charge in [-0.3, -0.25) is 14.4 Å². The number of carbonyl (C=O) groups is 3. The van der Waals surface area contributed by atoms with Crippen LogP contribution in [0.5, 0.6) is 0 Å². The zero-order valence-corrected chi connectivity index (χ0v) is 21.8. The first kappa shape index (κ1) is 30.4. The second-order valence-electron chi connectivity index (χ2n) is 9.09. The van der Waals surface area contributed by atoms with Crippen molar-refractivity contribution < 1.29 is 36.4 Å². The third-order valence-corrected chi connectivity index (χ3v) is 6.47. The molecule has 0 spiro atoms. The first-order valence-corrected chi connectivity index (χ1v) is 13.2. The molecule has 0 aliphatic rings. The lowest BCUT2D eigenvalue weighted by atomic mass is 10.0. The van der Waals surface area contributed by atoms with Crippen LogP contribution in [0.25, 0.3) is 0 Å². The number of halogens is 4. The van der Waals surface area contributed by atoms with Crippen LogP contribution in [0.3, 0.4) is 0 Å². The number of ketones is 1. The molecule has 1 aromatic carbocycles. The van der Waals surface area contributed by atoms with Gasteiger partial charge in [-0.2, -0.15) is 13.2 Å². The molecule has 0 radical (unpaired) electrons. The molecule has 0 saturated carbocycles. The predicted octanol–water partition coefficient (Wildman–Crippen LogP) is 5.76. The fourth-order valence-corrected chi connectivity index (χ4v) is 4.43. The van der Waals surface area contributed by atoms with E-state index in [0.717, 1.165) is 18.2 Å². The van der Waals surface area contributed by atoms with Crippen LogP contribution < -0.4 is 10.6 Å². The highest BCUT2D eigenvalue weighted by Crippen LogP contribution is 2.30. The maximum atomic E-state index is 14.3. The van der Waals surface area contributed by atoms with Crippen LogP contribution in [0.4, 0.5) is 17.6 Å². The van der Waals surface area contributed by atoms with E-state index in [4.69, 9.17) is 4.42 Å². The molecule has 1 heterocycles. The topological polar surface area (TPSA) is 88.4 Å². The van der Waals surface area contributed by atoms with E-state index in [0.29, 0.717) is 24.7 Å². The zero-order valence-electron chi connectivity index (χ0n) is 21.0. The highest BCUT2D eigenvalue weighted by Gasteiger charge is 2.32. The molecule has 204 valence electrons. The summed E-state index contributed by atoms with van der Waals surface area (Å²) < 4.78 is 58.1. The van der Waals surface area contributed by atoms with Crippen LogP contribution in [-0.4, -0.2) is 35.4 Å². The maximum absolute atomic E-state index is 14.3. The fourth-order valence-electron chi connectivity index (χ4n) is 3.56. The Hall–Kier alpha value is -2.82. The van der Waals surface area contributed by atoms with Gasteiger partial charge in [0.05, 0.1) is 34.9 Å². The van der Waals surface area contributed by atoms with Crippen molar-refractivity contribution in [3.8, 4) is 0 Å². The molecule has 0 fully saturated rings. The molecule has 2 rings (SSSR count). The average molecular weight is 545 g/mol. The number of carbonyl (C=O) groups excluding carboxylic acids is 3. The van der Waals surface area contributed by atoms with Crippen molar-refractivity contribution in [2.75, 3.05) is 5.75 Å². The maximum Gasteiger partial charge on any atom is 0.416 e. The molecule has 2 amide bonds. The van der Waals surface area contributed by atoms with Gasteiger partial charge in [0, 0.05) is 0 Å². The van der Waals surface area contributed by atoms with Crippen LogP contribution in [0.2, 0.25) is 0 Å². The molecule has 0 saturated heterocycles. The van der Waals surface area contributed by atoms with Gasteiger partial charge in [-0.05, 0) is 49.1 Å². The summed E-state index contributed by atoms with van der Waals surface area (Å²) in [5, 5.41) is 5.14. The summed E-state index contributed by atoms with van der Waals surface area (Å²) in [5.41, 5.74) is -1.83. The number of rotatable bonds is 14. The second-order valence-corrected chi connectivity index (χ2v) is 10.1. The Balaban J connectivity index is 2.10. The van der Waals surface area contributed by atoms with Crippen molar-refractivity contribution in [3.63, 3.8) is 0 Å². The van der Waals surface area contributed by atoms with E-state index in [2.05, 4.69) is 10.6 Å². The molecule has 0 aliphatic heterocycles. The highest BCUT2D eigenvalue weighted by atomic mass is 32.2. The molecule has 0 bridgehead atoms. The monoisotopic (exact) mass is 544 g/mol. The number of hydrogen-bond acceptors (Lipinski definition) is 5. The van der Waals surface area contributed by atoms with Crippen LogP contribution in [-0.2, 0) is 21.5 Å². The van der Waals surface area contributed by atoms with E-state index in [1.54, 1.807) is 18.4 Å². The summed E-state index contributed by atoms with van der Waals surface area (Å²) >= 11 is 1.35. The van der Waals surface area contributed by atoms with Gasteiger partial charge in [-0.25, -0.2) is 4.39 Å². The molecule has 6 nitrogen and oxygen atoms in total. The van der Waals surface area contributed by atoms with Gasteiger partial charge in [-0.1, -0.05) is 33.6 Å². The molecule has 1 aromatic heterocycles. The third kappa shape index (κ3) is 9.87. The predicted molar refractivity (Wildman–Crippen MR) is 133 cm³/mol. The first-order valence-electron chi connectivity index (χ1n) is 12.0. The smallest absolute Gasteiger partial charge is 0.416 e. The SMILES string of the molecule is CCCCC(NC(=O)C(CC(C)C)NC(=O)c1ccc(C(F)(F)F)cc1F)C(=O)CSCc1ccco1. The molecule has 2 unspecified atom stereocenters. The van der Waals surface area contributed by atoms with Crippen molar-refractivity contribution in [2.24, 2.45) is 5.92 Å². The van der Waals surface area contributed by atoms with Crippen molar-refractivity contribution in [2.45, 2.75) is 70.5 Å². The molecule has 2 aromatic rings. The van der Waals surface area contributed by atoms with E-state index in [1.165, 1.54) is 11.8 Å². The Morgan fingerprint density at radius 3 is 2.38 bits per heavy atom. The van der Waals surface area contributed by atoms with Gasteiger partial charge in [0.2, 0.25) is 5.91 Å².